The minimum atomic E-state index is -0.260. The van der Waals surface area contributed by atoms with Crippen molar-refractivity contribution in [2.75, 3.05) is 13.7 Å². The maximum Gasteiger partial charge on any atom is 0.202 e. The molecule has 0 fully saturated rings. The first kappa shape index (κ1) is 18.7. The molecule has 1 heterocycles. The maximum absolute atomic E-state index is 13.1. The first-order chi connectivity index (χ1) is 13.0. The van der Waals surface area contributed by atoms with Crippen LogP contribution < -0.4 is 9.47 Å². The molecule has 0 aliphatic heterocycles. The van der Waals surface area contributed by atoms with Gasteiger partial charge in [-0.05, 0) is 49.7 Å². The summed E-state index contributed by atoms with van der Waals surface area (Å²) in [6.07, 6.45) is 0. The number of nitrogens with zero attached hydrogens (tertiary/aromatic N) is 1. The number of carbonyl (C=O) groups is 1. The first-order valence-electron chi connectivity index (χ1n) is 8.69. The molecule has 4 nitrogen and oxygen atoms in total. The molecule has 0 unspecified atom stereocenters. The van der Waals surface area contributed by atoms with E-state index in [0.717, 1.165) is 17.0 Å². The van der Waals surface area contributed by atoms with Crippen LogP contribution in [0.4, 0.5) is 4.39 Å². The van der Waals surface area contributed by atoms with Gasteiger partial charge in [0.2, 0.25) is 5.78 Å². The lowest BCUT2D eigenvalue weighted by Gasteiger charge is -2.11. The average Bonchev–Trinajstić information content (AvgIpc) is 2.96. The van der Waals surface area contributed by atoms with E-state index in [1.54, 1.807) is 31.4 Å². The number of ketones is 1. The van der Waals surface area contributed by atoms with Crippen molar-refractivity contribution in [3.63, 3.8) is 0 Å². The van der Waals surface area contributed by atoms with Crippen molar-refractivity contribution in [2.24, 2.45) is 0 Å². The van der Waals surface area contributed by atoms with Gasteiger partial charge in [-0.15, -0.1) is 0 Å². The highest BCUT2D eigenvalue weighted by atomic mass is 19.1. The Morgan fingerprint density at radius 1 is 1.04 bits per heavy atom. The highest BCUT2D eigenvalue weighted by Crippen LogP contribution is 2.26. The molecule has 0 aliphatic rings. The number of carbonyl (C=O) groups excluding carboxylic acids is 1. The van der Waals surface area contributed by atoms with Crippen molar-refractivity contribution in [1.82, 2.24) is 4.57 Å². The average molecular weight is 367 g/mol. The number of hydrogen-bond acceptors (Lipinski definition) is 3. The second kappa shape index (κ2) is 8.08. The quantitative estimate of drug-likeness (QED) is 0.575. The Kier molecular flexibility index (Phi) is 5.60. The van der Waals surface area contributed by atoms with Crippen LogP contribution in [0.3, 0.4) is 0 Å². The van der Waals surface area contributed by atoms with Crippen molar-refractivity contribution in [3.05, 3.63) is 82.9 Å². The summed E-state index contributed by atoms with van der Waals surface area (Å²) in [6, 6.07) is 15.5. The van der Waals surface area contributed by atoms with Gasteiger partial charge < -0.3 is 14.0 Å². The molecule has 0 saturated carbocycles. The van der Waals surface area contributed by atoms with E-state index in [0.29, 0.717) is 23.6 Å². The summed E-state index contributed by atoms with van der Waals surface area (Å²) in [7, 11) is 1.56. The number of halogens is 1. The highest BCUT2D eigenvalue weighted by Gasteiger charge is 2.17. The predicted octanol–water partition coefficient (Wildman–Crippen LogP) is 4.56. The Morgan fingerprint density at radius 2 is 1.70 bits per heavy atom. The molecule has 0 bridgehead atoms. The van der Waals surface area contributed by atoms with Crippen LogP contribution in [-0.4, -0.2) is 24.1 Å². The van der Waals surface area contributed by atoms with Crippen LogP contribution in [-0.2, 0) is 6.54 Å². The third-order valence-corrected chi connectivity index (χ3v) is 4.56. The van der Waals surface area contributed by atoms with Crippen molar-refractivity contribution in [2.45, 2.75) is 20.4 Å². The van der Waals surface area contributed by atoms with Crippen LogP contribution in [0.5, 0.6) is 11.5 Å². The standard InChI is InChI=1S/C22H22FNO3/c1-15-12-19(16(2)24(15)13-17-8-10-18(23)11-9-17)20(25)14-27-22-7-5-4-6-21(22)26-3/h4-12H,13-14H2,1-3H3. The summed E-state index contributed by atoms with van der Waals surface area (Å²) in [5.74, 6) is 0.768. The summed E-state index contributed by atoms with van der Waals surface area (Å²) >= 11 is 0. The Hall–Kier alpha value is -3.08. The summed E-state index contributed by atoms with van der Waals surface area (Å²) in [6.45, 7) is 4.38. The molecule has 0 N–H and O–H groups in total. The van der Waals surface area contributed by atoms with E-state index in [1.165, 1.54) is 12.1 Å². The van der Waals surface area contributed by atoms with Gasteiger partial charge in [0.15, 0.2) is 18.1 Å². The Morgan fingerprint density at radius 3 is 2.37 bits per heavy atom. The molecule has 2 aromatic carbocycles. The van der Waals surface area contributed by atoms with E-state index < -0.39 is 0 Å². The topological polar surface area (TPSA) is 40.5 Å². The second-order valence-corrected chi connectivity index (χ2v) is 6.36. The number of aryl methyl sites for hydroxylation is 1. The van der Waals surface area contributed by atoms with E-state index in [-0.39, 0.29) is 18.2 Å². The molecule has 27 heavy (non-hydrogen) atoms. The van der Waals surface area contributed by atoms with Gasteiger partial charge >= 0.3 is 0 Å². The van der Waals surface area contributed by atoms with Gasteiger partial charge in [0.25, 0.3) is 0 Å². The van der Waals surface area contributed by atoms with Crippen molar-refractivity contribution >= 4 is 5.78 Å². The number of para-hydroxylation sites is 2. The van der Waals surface area contributed by atoms with Gasteiger partial charge in [-0.1, -0.05) is 24.3 Å². The third-order valence-electron chi connectivity index (χ3n) is 4.56. The highest BCUT2D eigenvalue weighted by molar-refractivity contribution is 5.98. The minimum absolute atomic E-state index is 0.0682. The molecule has 0 atom stereocenters. The number of methoxy groups -OCH3 is 1. The van der Waals surface area contributed by atoms with E-state index in [1.807, 2.05) is 36.6 Å². The van der Waals surface area contributed by atoms with E-state index in [2.05, 4.69) is 0 Å². The molecular weight excluding hydrogens is 345 g/mol. The lowest BCUT2D eigenvalue weighted by Crippen LogP contribution is -2.13. The van der Waals surface area contributed by atoms with Gasteiger partial charge in [0, 0.05) is 23.5 Å². The molecule has 5 heteroatoms. The molecule has 3 rings (SSSR count). The third kappa shape index (κ3) is 4.19. The minimum Gasteiger partial charge on any atom is -0.493 e. The molecule has 140 valence electrons. The number of benzene rings is 2. The van der Waals surface area contributed by atoms with Crippen LogP contribution in [0.15, 0.2) is 54.6 Å². The van der Waals surface area contributed by atoms with Gasteiger partial charge in [-0.2, -0.15) is 0 Å². The normalized spacial score (nSPS) is 10.7. The maximum atomic E-state index is 13.1. The molecular formula is C22H22FNO3. The van der Waals surface area contributed by atoms with Gasteiger partial charge in [0.1, 0.15) is 5.82 Å². The van der Waals surface area contributed by atoms with Gasteiger partial charge in [-0.25, -0.2) is 4.39 Å². The monoisotopic (exact) mass is 367 g/mol. The number of Topliss-reactive ketones (excluding diaryl/α,β-unsaturated/α-hetero) is 1. The molecule has 0 radical (unpaired) electrons. The van der Waals surface area contributed by atoms with Crippen LogP contribution in [0.25, 0.3) is 0 Å². The molecule has 0 amide bonds. The fourth-order valence-electron chi connectivity index (χ4n) is 3.06. The van der Waals surface area contributed by atoms with Crippen LogP contribution in [0.2, 0.25) is 0 Å². The molecule has 1 aromatic heterocycles. The SMILES string of the molecule is COc1ccccc1OCC(=O)c1cc(C)n(Cc2ccc(F)cc2)c1C. The van der Waals surface area contributed by atoms with Crippen molar-refractivity contribution in [3.8, 4) is 11.5 Å². The lowest BCUT2D eigenvalue weighted by atomic mass is 10.1. The smallest absolute Gasteiger partial charge is 0.202 e. The first-order valence-corrected chi connectivity index (χ1v) is 8.69. The summed E-state index contributed by atoms with van der Waals surface area (Å²) < 4.78 is 26.0. The lowest BCUT2D eigenvalue weighted by molar-refractivity contribution is 0.0918. The van der Waals surface area contributed by atoms with Crippen LogP contribution in [0, 0.1) is 19.7 Å². The fraction of sp³-hybridized carbons (Fsp3) is 0.227. The number of ether oxygens (including phenoxy) is 2. The zero-order valence-corrected chi connectivity index (χ0v) is 15.7. The molecule has 0 saturated heterocycles. The molecule has 0 aliphatic carbocycles. The zero-order chi connectivity index (χ0) is 19.4. The summed E-state index contributed by atoms with van der Waals surface area (Å²) in [5.41, 5.74) is 3.44. The van der Waals surface area contributed by atoms with E-state index >= 15 is 0 Å². The largest absolute Gasteiger partial charge is 0.493 e. The number of rotatable bonds is 7. The number of hydrogen-bond donors (Lipinski definition) is 0. The van der Waals surface area contributed by atoms with Gasteiger partial charge in [-0.3, -0.25) is 4.79 Å². The van der Waals surface area contributed by atoms with Gasteiger partial charge in [0.05, 0.1) is 7.11 Å². The summed E-state index contributed by atoms with van der Waals surface area (Å²) in [4.78, 5) is 12.7. The Labute approximate surface area is 158 Å². The zero-order valence-electron chi connectivity index (χ0n) is 15.7. The van der Waals surface area contributed by atoms with E-state index in [9.17, 15) is 9.18 Å². The van der Waals surface area contributed by atoms with Crippen molar-refractivity contribution < 1.29 is 18.7 Å². The predicted molar refractivity (Wildman–Crippen MR) is 102 cm³/mol. The molecule has 3 aromatic rings. The molecule has 0 spiro atoms. The summed E-state index contributed by atoms with van der Waals surface area (Å²) in [5, 5.41) is 0. The Bertz CT molecular complexity index is 945. The second-order valence-electron chi connectivity index (χ2n) is 6.36. The van der Waals surface area contributed by atoms with E-state index in [4.69, 9.17) is 9.47 Å². The van der Waals surface area contributed by atoms with Crippen LogP contribution >= 0.6 is 0 Å². The van der Waals surface area contributed by atoms with Crippen LogP contribution in [0.1, 0.15) is 27.3 Å². The van der Waals surface area contributed by atoms with Crippen molar-refractivity contribution in [1.29, 1.82) is 0 Å². The fourth-order valence-corrected chi connectivity index (χ4v) is 3.06. The Balaban J connectivity index is 1.75. The number of aromatic nitrogens is 1.